The van der Waals surface area contributed by atoms with Gasteiger partial charge in [-0.05, 0) is 39.7 Å². The Labute approximate surface area is 132 Å². The third-order valence-electron chi connectivity index (χ3n) is 2.87. The summed E-state index contributed by atoms with van der Waals surface area (Å²) in [7, 11) is 0. The lowest BCUT2D eigenvalue weighted by atomic mass is 10.2. The highest BCUT2D eigenvalue weighted by atomic mass is 79.9. The summed E-state index contributed by atoms with van der Waals surface area (Å²) in [5, 5.41) is 3.36. The largest absolute Gasteiger partial charge is 0.488 e. The fraction of sp³-hybridized carbons (Fsp3) is 0.312. The second-order valence-corrected chi connectivity index (χ2v) is 5.95. The van der Waals surface area contributed by atoms with Crippen LogP contribution in [-0.4, -0.2) is 11.0 Å². The third-order valence-corrected chi connectivity index (χ3v) is 3.49. The quantitative estimate of drug-likeness (QED) is 0.851. The van der Waals surface area contributed by atoms with Crippen molar-refractivity contribution in [1.29, 1.82) is 0 Å². The molecule has 112 valence electrons. The van der Waals surface area contributed by atoms with E-state index in [4.69, 9.17) is 4.74 Å². The minimum Gasteiger partial charge on any atom is -0.488 e. The van der Waals surface area contributed by atoms with Crippen LogP contribution in [0.5, 0.6) is 5.75 Å². The Morgan fingerprint density at radius 2 is 2.05 bits per heavy atom. The van der Waals surface area contributed by atoms with Gasteiger partial charge >= 0.3 is 0 Å². The Morgan fingerprint density at radius 1 is 1.24 bits per heavy atom. The van der Waals surface area contributed by atoms with Gasteiger partial charge in [0.05, 0.1) is 10.7 Å². The monoisotopic (exact) mass is 352 g/mol. The first-order chi connectivity index (χ1) is 10.0. The summed E-state index contributed by atoms with van der Waals surface area (Å²) < 4.78 is 19.6. The van der Waals surface area contributed by atoms with Crippen molar-refractivity contribution < 1.29 is 9.13 Å². The van der Waals surface area contributed by atoms with Crippen LogP contribution in [0.3, 0.4) is 0 Å². The first-order valence-corrected chi connectivity index (χ1v) is 7.58. The topological polar surface area (TPSA) is 34.1 Å². The number of hydrogen-bond acceptors (Lipinski definition) is 3. The molecular weight excluding hydrogens is 335 g/mol. The second kappa shape index (κ2) is 7.52. The van der Waals surface area contributed by atoms with E-state index in [0.29, 0.717) is 11.6 Å². The van der Waals surface area contributed by atoms with Crippen LogP contribution in [-0.2, 0) is 13.2 Å². The molecule has 21 heavy (non-hydrogen) atoms. The maximum Gasteiger partial charge on any atom is 0.141 e. The molecule has 0 saturated heterocycles. The van der Waals surface area contributed by atoms with Crippen LogP contribution in [0, 0.1) is 5.82 Å². The van der Waals surface area contributed by atoms with Gasteiger partial charge in [0, 0.05) is 24.3 Å². The predicted octanol–water partition coefficient (Wildman–Crippen LogP) is 4.06. The number of nitrogens with one attached hydrogen (secondary N) is 1. The van der Waals surface area contributed by atoms with Crippen LogP contribution >= 0.6 is 15.9 Å². The van der Waals surface area contributed by atoms with E-state index in [-0.39, 0.29) is 12.4 Å². The van der Waals surface area contributed by atoms with Crippen LogP contribution in [0.4, 0.5) is 4.39 Å². The van der Waals surface area contributed by atoms with Gasteiger partial charge in [-0.2, -0.15) is 0 Å². The number of benzene rings is 1. The Kier molecular flexibility index (Phi) is 5.70. The summed E-state index contributed by atoms with van der Waals surface area (Å²) in [4.78, 5) is 3.80. The van der Waals surface area contributed by atoms with E-state index in [1.807, 2.05) is 18.2 Å². The van der Waals surface area contributed by atoms with Crippen molar-refractivity contribution in [2.45, 2.75) is 33.0 Å². The van der Waals surface area contributed by atoms with Gasteiger partial charge in [0.2, 0.25) is 0 Å². The molecule has 3 nitrogen and oxygen atoms in total. The normalized spacial score (nSPS) is 10.9. The van der Waals surface area contributed by atoms with Crippen LogP contribution < -0.4 is 10.1 Å². The number of aromatic nitrogens is 1. The first-order valence-electron chi connectivity index (χ1n) is 6.78. The molecule has 0 spiro atoms. The van der Waals surface area contributed by atoms with Crippen LogP contribution in [0.1, 0.15) is 25.0 Å². The average Bonchev–Trinajstić information content (AvgIpc) is 2.44. The van der Waals surface area contributed by atoms with Crippen molar-refractivity contribution in [2.75, 3.05) is 0 Å². The standard InChI is InChI=1S/C16H18BrFN2O/c1-11(2)20-8-12-3-4-16(15(17)6-12)21-10-13-5-14(18)9-19-7-13/h3-7,9,11,20H,8,10H2,1-2H3. The zero-order valence-electron chi connectivity index (χ0n) is 12.1. The molecule has 0 radical (unpaired) electrons. The van der Waals surface area contributed by atoms with Gasteiger partial charge < -0.3 is 10.1 Å². The van der Waals surface area contributed by atoms with Crippen molar-refractivity contribution in [3.63, 3.8) is 0 Å². The minimum absolute atomic E-state index is 0.285. The molecule has 0 saturated carbocycles. The van der Waals surface area contributed by atoms with Crippen LogP contribution in [0.25, 0.3) is 0 Å². The molecule has 0 unspecified atom stereocenters. The number of halogens is 2. The molecule has 1 aromatic carbocycles. The summed E-state index contributed by atoms with van der Waals surface area (Å²) in [5.74, 6) is 0.373. The predicted molar refractivity (Wildman–Crippen MR) is 84.6 cm³/mol. The van der Waals surface area contributed by atoms with Gasteiger partial charge in [0.15, 0.2) is 0 Å². The van der Waals surface area contributed by atoms with Gasteiger partial charge in [0.25, 0.3) is 0 Å². The van der Waals surface area contributed by atoms with Crippen LogP contribution in [0.15, 0.2) is 41.1 Å². The molecule has 1 N–H and O–H groups in total. The lowest BCUT2D eigenvalue weighted by Crippen LogP contribution is -2.21. The van der Waals surface area contributed by atoms with Gasteiger partial charge in [0.1, 0.15) is 18.2 Å². The molecule has 0 aliphatic carbocycles. The van der Waals surface area contributed by atoms with E-state index >= 15 is 0 Å². The Balaban J connectivity index is 1.97. The highest BCUT2D eigenvalue weighted by molar-refractivity contribution is 9.10. The van der Waals surface area contributed by atoms with Gasteiger partial charge in [-0.3, -0.25) is 4.98 Å². The molecule has 0 atom stereocenters. The number of hydrogen-bond donors (Lipinski definition) is 1. The molecule has 1 heterocycles. The molecule has 1 aromatic heterocycles. The smallest absolute Gasteiger partial charge is 0.141 e. The summed E-state index contributed by atoms with van der Waals surface area (Å²) in [6.07, 6.45) is 2.77. The fourth-order valence-electron chi connectivity index (χ4n) is 1.79. The molecular formula is C16H18BrFN2O. The van der Waals surface area contributed by atoms with E-state index in [1.165, 1.54) is 17.8 Å². The Morgan fingerprint density at radius 3 is 2.71 bits per heavy atom. The zero-order chi connectivity index (χ0) is 15.2. The second-order valence-electron chi connectivity index (χ2n) is 5.10. The molecule has 0 aliphatic heterocycles. The SMILES string of the molecule is CC(C)NCc1ccc(OCc2cncc(F)c2)c(Br)c1. The maximum absolute atomic E-state index is 13.0. The minimum atomic E-state index is -0.356. The molecule has 0 aliphatic rings. The van der Waals surface area contributed by atoms with E-state index in [0.717, 1.165) is 16.8 Å². The molecule has 0 bridgehead atoms. The summed E-state index contributed by atoms with van der Waals surface area (Å²) in [5.41, 5.74) is 1.88. The highest BCUT2D eigenvalue weighted by Gasteiger charge is 2.05. The Bertz CT molecular complexity index is 605. The number of ether oxygens (including phenoxy) is 1. The summed E-state index contributed by atoms with van der Waals surface area (Å²) in [6.45, 7) is 5.32. The first kappa shape index (κ1) is 15.9. The molecule has 0 fully saturated rings. The number of pyridine rings is 1. The van der Waals surface area contributed by atoms with Crippen molar-refractivity contribution >= 4 is 15.9 Å². The number of rotatable bonds is 6. The Hall–Kier alpha value is -1.46. The lowest BCUT2D eigenvalue weighted by Gasteiger charge is -2.11. The van der Waals surface area contributed by atoms with E-state index in [9.17, 15) is 4.39 Å². The van der Waals surface area contributed by atoms with Gasteiger partial charge in [-0.15, -0.1) is 0 Å². The zero-order valence-corrected chi connectivity index (χ0v) is 13.7. The van der Waals surface area contributed by atoms with Crippen molar-refractivity contribution in [1.82, 2.24) is 10.3 Å². The van der Waals surface area contributed by atoms with E-state index < -0.39 is 0 Å². The van der Waals surface area contributed by atoms with Gasteiger partial charge in [-0.1, -0.05) is 19.9 Å². The van der Waals surface area contributed by atoms with Crippen molar-refractivity contribution in [2.24, 2.45) is 0 Å². The van der Waals surface area contributed by atoms with Crippen molar-refractivity contribution in [3.05, 3.63) is 58.1 Å². The third kappa shape index (κ3) is 5.10. The molecule has 0 amide bonds. The highest BCUT2D eigenvalue weighted by Crippen LogP contribution is 2.26. The van der Waals surface area contributed by atoms with Gasteiger partial charge in [-0.25, -0.2) is 4.39 Å². The summed E-state index contributed by atoms with van der Waals surface area (Å²) in [6, 6.07) is 7.81. The van der Waals surface area contributed by atoms with E-state index in [2.05, 4.69) is 40.1 Å². The van der Waals surface area contributed by atoms with Crippen LogP contribution in [0.2, 0.25) is 0 Å². The number of nitrogens with zero attached hydrogens (tertiary/aromatic N) is 1. The lowest BCUT2D eigenvalue weighted by molar-refractivity contribution is 0.303. The average molecular weight is 353 g/mol. The molecule has 2 rings (SSSR count). The van der Waals surface area contributed by atoms with Crippen molar-refractivity contribution in [3.8, 4) is 5.75 Å². The van der Waals surface area contributed by atoms with E-state index in [1.54, 1.807) is 6.20 Å². The summed E-state index contributed by atoms with van der Waals surface area (Å²) >= 11 is 3.50. The fourth-order valence-corrected chi connectivity index (χ4v) is 2.33. The molecule has 5 heteroatoms. The molecule has 2 aromatic rings. The maximum atomic E-state index is 13.0.